The van der Waals surface area contributed by atoms with Crippen LogP contribution in [0.1, 0.15) is 22.8 Å². The number of Topliss-reactive ketones (excluding diaryl/α,β-unsaturated/α-hetero) is 1. The molecule has 3 aromatic rings. The quantitative estimate of drug-likeness (QED) is 0.305. The zero-order valence-electron chi connectivity index (χ0n) is 19.3. The van der Waals surface area contributed by atoms with Gasteiger partial charge in [0.25, 0.3) is 0 Å². The van der Waals surface area contributed by atoms with Crippen molar-refractivity contribution in [3.05, 3.63) is 108 Å². The van der Waals surface area contributed by atoms with E-state index < -0.39 is 35.4 Å². The maximum atomic E-state index is 13.3. The van der Waals surface area contributed by atoms with Gasteiger partial charge in [-0.3, -0.25) is 14.4 Å². The highest BCUT2D eigenvalue weighted by Gasteiger charge is 2.58. The molecule has 8 heteroatoms. The van der Waals surface area contributed by atoms with E-state index in [4.69, 9.17) is 4.74 Å². The highest BCUT2D eigenvalue weighted by Crippen LogP contribution is 2.38. The van der Waals surface area contributed by atoms with E-state index in [2.05, 4.69) is 5.32 Å². The Morgan fingerprint density at radius 1 is 0.889 bits per heavy atom. The average molecular weight is 501 g/mol. The largest absolute Gasteiger partial charge is 0.451 e. The van der Waals surface area contributed by atoms with Gasteiger partial charge in [0, 0.05) is 0 Å². The molecule has 3 aromatic carbocycles. The van der Waals surface area contributed by atoms with E-state index in [1.165, 1.54) is 16.7 Å². The van der Waals surface area contributed by atoms with Crippen LogP contribution < -0.4 is 5.32 Å². The average Bonchev–Trinajstić information content (AvgIpc) is 2.91. The number of fused-ring (bicyclic) bond motifs is 1. The van der Waals surface area contributed by atoms with E-state index in [1.807, 2.05) is 91.0 Å². The number of β-lactam (4-membered cyclic amide) rings is 1. The van der Waals surface area contributed by atoms with E-state index in [-0.39, 0.29) is 23.9 Å². The fourth-order valence-corrected chi connectivity index (χ4v) is 5.74. The Morgan fingerprint density at radius 2 is 1.44 bits per heavy atom. The molecule has 2 heterocycles. The van der Waals surface area contributed by atoms with Gasteiger partial charge in [-0.1, -0.05) is 91.0 Å². The monoisotopic (exact) mass is 500 g/mol. The highest BCUT2D eigenvalue weighted by atomic mass is 32.2. The number of ketones is 1. The second-order valence-electron chi connectivity index (χ2n) is 8.66. The van der Waals surface area contributed by atoms with Crippen molar-refractivity contribution in [2.24, 2.45) is 0 Å². The molecular formula is C28H24N2O5S. The third-order valence-electron chi connectivity index (χ3n) is 6.25. The molecule has 3 atom stereocenters. The van der Waals surface area contributed by atoms with Crippen molar-refractivity contribution < 1.29 is 23.9 Å². The third-order valence-corrected chi connectivity index (χ3v) is 7.54. The Kier molecular flexibility index (Phi) is 6.86. The minimum Gasteiger partial charge on any atom is -0.451 e. The first kappa shape index (κ1) is 23.8. The maximum Gasteiger partial charge on any atom is 0.337 e. The van der Waals surface area contributed by atoms with Crippen LogP contribution in [0.5, 0.6) is 0 Å². The molecule has 2 saturated heterocycles. The number of carbonyl (C=O) groups excluding carboxylic acids is 4. The summed E-state index contributed by atoms with van der Waals surface area (Å²) < 4.78 is 5.88. The molecule has 2 aliphatic rings. The van der Waals surface area contributed by atoms with Crippen molar-refractivity contribution in [1.82, 2.24) is 10.2 Å². The standard InChI is InChI=1S/C28H24N2O5S/c31-21-17-36-27-23(29-22(32)16-18-10-4-1-5-11-18)26(33)30(27)24(21)28(34)35-25(19-12-6-2-7-13-19)20-14-8-3-9-15-20/h1-15,23-25,27H,16-17H2,(H,29,32)/t23-,24-,27+/m1/s1. The summed E-state index contributed by atoms with van der Waals surface area (Å²) in [4.78, 5) is 52.9. The fourth-order valence-electron chi connectivity index (χ4n) is 4.49. The number of amides is 2. The number of carbonyl (C=O) groups is 4. The van der Waals surface area contributed by atoms with Gasteiger partial charge in [0.15, 0.2) is 17.9 Å². The Hall–Kier alpha value is -3.91. The van der Waals surface area contributed by atoms with Crippen LogP contribution >= 0.6 is 11.8 Å². The van der Waals surface area contributed by atoms with Gasteiger partial charge in [0.1, 0.15) is 11.4 Å². The summed E-state index contributed by atoms with van der Waals surface area (Å²) in [5.74, 6) is -1.85. The lowest BCUT2D eigenvalue weighted by molar-refractivity contribution is -0.170. The van der Waals surface area contributed by atoms with Gasteiger partial charge in [0.2, 0.25) is 11.8 Å². The number of rotatable bonds is 7. The number of hydrogen-bond donors (Lipinski definition) is 1. The molecule has 0 bridgehead atoms. The first-order valence-electron chi connectivity index (χ1n) is 11.6. The van der Waals surface area contributed by atoms with Crippen LogP contribution in [0, 0.1) is 0 Å². The first-order chi connectivity index (χ1) is 17.5. The van der Waals surface area contributed by atoms with E-state index in [9.17, 15) is 19.2 Å². The molecule has 0 spiro atoms. The Bertz CT molecular complexity index is 1230. The molecule has 5 rings (SSSR count). The molecule has 7 nitrogen and oxygen atoms in total. The minimum atomic E-state index is -1.33. The lowest BCUT2D eigenvalue weighted by atomic mass is 9.99. The van der Waals surface area contributed by atoms with Crippen molar-refractivity contribution in [2.45, 2.75) is 30.0 Å². The number of nitrogens with zero attached hydrogens (tertiary/aromatic N) is 1. The molecule has 0 radical (unpaired) electrons. The predicted octanol–water partition coefficient (Wildman–Crippen LogP) is 2.90. The molecule has 36 heavy (non-hydrogen) atoms. The Balaban J connectivity index is 1.30. The second-order valence-corrected chi connectivity index (χ2v) is 9.77. The topological polar surface area (TPSA) is 92.8 Å². The summed E-state index contributed by atoms with van der Waals surface area (Å²) in [6.45, 7) is 0. The third kappa shape index (κ3) is 4.77. The number of hydrogen-bond acceptors (Lipinski definition) is 6. The number of benzene rings is 3. The van der Waals surface area contributed by atoms with Crippen LogP contribution in [0.4, 0.5) is 0 Å². The van der Waals surface area contributed by atoms with Crippen LogP contribution in [-0.4, -0.2) is 51.7 Å². The second kappa shape index (κ2) is 10.4. The molecule has 0 unspecified atom stereocenters. The molecule has 0 aromatic heterocycles. The van der Waals surface area contributed by atoms with Gasteiger partial charge in [-0.25, -0.2) is 4.79 Å². The van der Waals surface area contributed by atoms with Gasteiger partial charge in [0.05, 0.1) is 12.2 Å². The highest BCUT2D eigenvalue weighted by molar-refractivity contribution is 8.00. The number of ether oxygens (including phenoxy) is 1. The Labute approximate surface area is 212 Å². The number of thioether (sulfide) groups is 1. The lowest BCUT2D eigenvalue weighted by Crippen LogP contribution is -2.76. The van der Waals surface area contributed by atoms with E-state index >= 15 is 0 Å². The summed E-state index contributed by atoms with van der Waals surface area (Å²) in [6.07, 6.45) is -0.583. The van der Waals surface area contributed by atoms with Crippen LogP contribution in [0.2, 0.25) is 0 Å². The van der Waals surface area contributed by atoms with Crippen molar-refractivity contribution in [3.8, 4) is 0 Å². The van der Waals surface area contributed by atoms with Crippen LogP contribution in [0.15, 0.2) is 91.0 Å². The molecule has 2 fully saturated rings. The molecule has 0 saturated carbocycles. The smallest absolute Gasteiger partial charge is 0.337 e. The van der Waals surface area contributed by atoms with Crippen molar-refractivity contribution in [1.29, 1.82) is 0 Å². The molecule has 1 N–H and O–H groups in total. The maximum absolute atomic E-state index is 13.3. The molecule has 182 valence electrons. The predicted molar refractivity (Wildman–Crippen MR) is 135 cm³/mol. The van der Waals surface area contributed by atoms with Crippen molar-refractivity contribution in [3.63, 3.8) is 0 Å². The molecule has 2 aliphatic heterocycles. The van der Waals surface area contributed by atoms with Gasteiger partial charge >= 0.3 is 5.97 Å². The van der Waals surface area contributed by atoms with Gasteiger partial charge in [-0.2, -0.15) is 0 Å². The summed E-state index contributed by atoms with van der Waals surface area (Å²) in [5.41, 5.74) is 2.35. The van der Waals surface area contributed by atoms with Crippen molar-refractivity contribution in [2.75, 3.05) is 5.75 Å². The number of nitrogens with one attached hydrogen (secondary N) is 1. The zero-order chi connectivity index (χ0) is 25.1. The summed E-state index contributed by atoms with van der Waals surface area (Å²) in [5, 5.41) is 2.27. The van der Waals surface area contributed by atoms with Crippen LogP contribution in [0.3, 0.4) is 0 Å². The normalized spacial score (nSPS) is 20.9. The minimum absolute atomic E-state index is 0.0562. The van der Waals surface area contributed by atoms with E-state index in [0.717, 1.165) is 16.7 Å². The SMILES string of the molecule is O=C(Cc1ccccc1)N[C@@H]1C(=O)N2[C@@H](C(=O)OC(c3ccccc3)c3ccccc3)C(=O)CS[C@@H]12. The fraction of sp³-hybridized carbons (Fsp3) is 0.214. The first-order valence-corrected chi connectivity index (χ1v) is 12.7. The molecule has 2 amide bonds. The van der Waals surface area contributed by atoms with Crippen LogP contribution in [-0.2, 0) is 30.3 Å². The van der Waals surface area contributed by atoms with Gasteiger partial charge in [-0.15, -0.1) is 11.8 Å². The lowest BCUT2D eigenvalue weighted by Gasteiger charge is -2.51. The summed E-state index contributed by atoms with van der Waals surface area (Å²) in [6, 6.07) is 25.6. The molecular weight excluding hydrogens is 476 g/mol. The van der Waals surface area contributed by atoms with Crippen molar-refractivity contribution >= 4 is 35.3 Å². The summed E-state index contributed by atoms with van der Waals surface area (Å²) >= 11 is 1.25. The van der Waals surface area contributed by atoms with Crippen LogP contribution in [0.25, 0.3) is 0 Å². The zero-order valence-corrected chi connectivity index (χ0v) is 20.1. The van der Waals surface area contributed by atoms with Gasteiger partial charge < -0.3 is 15.0 Å². The van der Waals surface area contributed by atoms with E-state index in [0.29, 0.717) is 0 Å². The molecule has 0 aliphatic carbocycles. The number of esters is 1. The Morgan fingerprint density at radius 3 is 2.03 bits per heavy atom. The van der Waals surface area contributed by atoms with E-state index in [1.54, 1.807) is 0 Å². The van der Waals surface area contributed by atoms with Gasteiger partial charge in [-0.05, 0) is 16.7 Å². The summed E-state index contributed by atoms with van der Waals surface area (Å²) in [7, 11) is 0.